The Morgan fingerprint density at radius 3 is 3.00 bits per heavy atom. The lowest BCUT2D eigenvalue weighted by atomic mass is 10.2. The van der Waals surface area contributed by atoms with Gasteiger partial charge in [0.05, 0.1) is 18.0 Å². The maximum Gasteiger partial charge on any atom is 0.276 e. The molecule has 1 aliphatic heterocycles. The number of methoxy groups -OCH3 is 1. The van der Waals surface area contributed by atoms with Crippen molar-refractivity contribution in [3.63, 3.8) is 0 Å². The smallest absolute Gasteiger partial charge is 0.276 e. The summed E-state index contributed by atoms with van der Waals surface area (Å²) in [5.74, 6) is 1.96. The number of nitrogens with zero attached hydrogens (tertiary/aromatic N) is 2. The summed E-state index contributed by atoms with van der Waals surface area (Å²) in [6.07, 6.45) is 1.02. The summed E-state index contributed by atoms with van der Waals surface area (Å²) in [4.78, 5) is 14.4. The molecule has 1 saturated heterocycles. The standard InChI is InChI=1S/C12H20N4O2S/c1-8-10(13)11(15-14-8)12(17)16(4-5-18-2)9-3-6-19-7-9/h9H,3-7,13H2,1-2H3,(H,14,15). The second kappa shape index (κ2) is 6.29. The molecule has 106 valence electrons. The summed E-state index contributed by atoms with van der Waals surface area (Å²) in [6.45, 7) is 2.91. The molecule has 0 bridgehead atoms. The number of nitrogens with one attached hydrogen (secondary N) is 1. The predicted molar refractivity (Wildman–Crippen MR) is 76.4 cm³/mol. The molecule has 2 heterocycles. The highest BCUT2D eigenvalue weighted by molar-refractivity contribution is 7.99. The van der Waals surface area contributed by atoms with Gasteiger partial charge in [-0.3, -0.25) is 9.89 Å². The van der Waals surface area contributed by atoms with Crippen molar-refractivity contribution in [1.82, 2.24) is 15.1 Å². The van der Waals surface area contributed by atoms with Crippen LogP contribution in [0.4, 0.5) is 5.69 Å². The van der Waals surface area contributed by atoms with E-state index in [0.29, 0.717) is 24.5 Å². The summed E-state index contributed by atoms with van der Waals surface area (Å²) in [5.41, 5.74) is 7.39. The van der Waals surface area contributed by atoms with Gasteiger partial charge >= 0.3 is 0 Å². The first-order chi connectivity index (χ1) is 9.15. The Morgan fingerprint density at radius 2 is 2.47 bits per heavy atom. The summed E-state index contributed by atoms with van der Waals surface area (Å²) >= 11 is 1.87. The highest BCUT2D eigenvalue weighted by Gasteiger charge is 2.30. The number of hydrogen-bond donors (Lipinski definition) is 2. The molecule has 1 fully saturated rings. The van der Waals surface area contributed by atoms with Crippen LogP contribution in [-0.4, -0.2) is 58.8 Å². The third-order valence-electron chi connectivity index (χ3n) is 3.34. The second-order valence-corrected chi connectivity index (χ2v) is 5.77. The minimum atomic E-state index is -0.105. The molecule has 1 aromatic heterocycles. The van der Waals surface area contributed by atoms with Crippen LogP contribution in [0.25, 0.3) is 0 Å². The number of H-pyrrole nitrogens is 1. The van der Waals surface area contributed by atoms with Gasteiger partial charge in [0.25, 0.3) is 5.91 Å². The fraction of sp³-hybridized carbons (Fsp3) is 0.667. The zero-order valence-electron chi connectivity index (χ0n) is 11.3. The van der Waals surface area contributed by atoms with Crippen molar-refractivity contribution in [3.05, 3.63) is 11.4 Å². The van der Waals surface area contributed by atoms with E-state index in [0.717, 1.165) is 23.6 Å². The minimum absolute atomic E-state index is 0.105. The molecule has 1 aliphatic rings. The Balaban J connectivity index is 2.16. The molecule has 19 heavy (non-hydrogen) atoms. The number of aromatic nitrogens is 2. The summed E-state index contributed by atoms with van der Waals surface area (Å²) in [6, 6.07) is 0.254. The van der Waals surface area contributed by atoms with E-state index in [1.54, 1.807) is 7.11 Å². The van der Waals surface area contributed by atoms with Crippen molar-refractivity contribution in [2.45, 2.75) is 19.4 Å². The summed E-state index contributed by atoms with van der Waals surface area (Å²) in [5, 5.41) is 6.79. The molecule has 0 saturated carbocycles. The van der Waals surface area contributed by atoms with E-state index >= 15 is 0 Å². The molecule has 7 heteroatoms. The predicted octanol–water partition coefficient (Wildman–Crippen LogP) is 0.894. The molecule has 2 rings (SSSR count). The van der Waals surface area contributed by atoms with E-state index in [9.17, 15) is 4.79 Å². The Kier molecular flexibility index (Phi) is 4.71. The van der Waals surface area contributed by atoms with Crippen LogP contribution >= 0.6 is 11.8 Å². The Bertz CT molecular complexity index is 443. The number of aromatic amines is 1. The monoisotopic (exact) mass is 284 g/mol. The molecule has 0 aromatic carbocycles. The van der Waals surface area contributed by atoms with Crippen molar-refractivity contribution >= 4 is 23.4 Å². The van der Waals surface area contributed by atoms with Crippen LogP contribution in [0.1, 0.15) is 22.6 Å². The number of carbonyl (C=O) groups excluding carboxylic acids is 1. The quantitative estimate of drug-likeness (QED) is 0.839. The topological polar surface area (TPSA) is 84.2 Å². The number of nitrogens with two attached hydrogens (primary N) is 1. The average molecular weight is 284 g/mol. The molecular formula is C12H20N4O2S. The molecule has 0 spiro atoms. The molecule has 3 N–H and O–H groups in total. The van der Waals surface area contributed by atoms with E-state index in [2.05, 4.69) is 10.2 Å². The van der Waals surface area contributed by atoms with Crippen molar-refractivity contribution in [2.75, 3.05) is 37.5 Å². The van der Waals surface area contributed by atoms with Gasteiger partial charge in [-0.25, -0.2) is 0 Å². The van der Waals surface area contributed by atoms with Crippen LogP contribution in [0.15, 0.2) is 0 Å². The fourth-order valence-corrected chi connectivity index (χ4v) is 3.37. The Morgan fingerprint density at radius 1 is 1.68 bits per heavy atom. The Labute approximate surface area is 117 Å². The number of amides is 1. The number of anilines is 1. The fourth-order valence-electron chi connectivity index (χ4n) is 2.14. The lowest BCUT2D eigenvalue weighted by Crippen LogP contribution is -2.42. The first kappa shape index (κ1) is 14.2. The summed E-state index contributed by atoms with van der Waals surface area (Å²) in [7, 11) is 1.64. The normalized spacial score (nSPS) is 18.7. The zero-order valence-corrected chi connectivity index (χ0v) is 12.1. The number of aryl methyl sites for hydroxylation is 1. The van der Waals surface area contributed by atoms with Crippen molar-refractivity contribution in [2.24, 2.45) is 0 Å². The van der Waals surface area contributed by atoms with E-state index in [1.165, 1.54) is 0 Å². The first-order valence-corrected chi connectivity index (χ1v) is 7.48. The molecule has 1 aromatic rings. The lowest BCUT2D eigenvalue weighted by Gasteiger charge is -2.27. The van der Waals surface area contributed by atoms with Gasteiger partial charge in [-0.1, -0.05) is 0 Å². The van der Waals surface area contributed by atoms with Crippen LogP contribution in [0, 0.1) is 6.92 Å². The van der Waals surface area contributed by atoms with Crippen LogP contribution in [0.5, 0.6) is 0 Å². The number of rotatable bonds is 5. The molecule has 0 radical (unpaired) electrons. The van der Waals surface area contributed by atoms with Crippen LogP contribution < -0.4 is 5.73 Å². The molecule has 6 nitrogen and oxygen atoms in total. The first-order valence-electron chi connectivity index (χ1n) is 6.33. The van der Waals surface area contributed by atoms with E-state index in [1.807, 2.05) is 23.6 Å². The molecule has 1 atom stereocenters. The van der Waals surface area contributed by atoms with Crippen molar-refractivity contribution < 1.29 is 9.53 Å². The maximum absolute atomic E-state index is 12.6. The van der Waals surface area contributed by atoms with Gasteiger partial charge in [0, 0.05) is 25.4 Å². The van der Waals surface area contributed by atoms with Gasteiger partial charge in [0.15, 0.2) is 5.69 Å². The largest absolute Gasteiger partial charge is 0.395 e. The van der Waals surface area contributed by atoms with Crippen molar-refractivity contribution in [3.8, 4) is 0 Å². The maximum atomic E-state index is 12.6. The van der Waals surface area contributed by atoms with E-state index in [4.69, 9.17) is 10.5 Å². The number of hydrogen-bond acceptors (Lipinski definition) is 5. The third-order valence-corrected chi connectivity index (χ3v) is 4.49. The number of ether oxygens (including phenoxy) is 1. The highest BCUT2D eigenvalue weighted by atomic mass is 32.2. The summed E-state index contributed by atoms with van der Waals surface area (Å²) < 4.78 is 5.09. The van der Waals surface area contributed by atoms with E-state index in [-0.39, 0.29) is 11.9 Å². The van der Waals surface area contributed by atoms with Crippen LogP contribution in [0.3, 0.4) is 0 Å². The molecular weight excluding hydrogens is 264 g/mol. The number of nitrogen functional groups attached to an aromatic ring is 1. The minimum Gasteiger partial charge on any atom is -0.395 e. The number of thioether (sulfide) groups is 1. The molecule has 1 unspecified atom stereocenters. The second-order valence-electron chi connectivity index (χ2n) is 4.62. The van der Waals surface area contributed by atoms with Crippen LogP contribution in [0.2, 0.25) is 0 Å². The highest BCUT2D eigenvalue weighted by Crippen LogP contribution is 2.25. The molecule has 1 amide bonds. The van der Waals surface area contributed by atoms with Gasteiger partial charge in [-0.05, 0) is 19.1 Å². The van der Waals surface area contributed by atoms with Crippen molar-refractivity contribution in [1.29, 1.82) is 0 Å². The van der Waals surface area contributed by atoms with Gasteiger partial charge in [0.2, 0.25) is 0 Å². The van der Waals surface area contributed by atoms with Gasteiger partial charge in [-0.2, -0.15) is 16.9 Å². The van der Waals surface area contributed by atoms with E-state index < -0.39 is 0 Å². The molecule has 0 aliphatic carbocycles. The third kappa shape index (κ3) is 3.03. The average Bonchev–Trinajstić information content (AvgIpc) is 3.02. The van der Waals surface area contributed by atoms with Gasteiger partial charge < -0.3 is 15.4 Å². The van der Waals surface area contributed by atoms with Crippen LogP contribution in [-0.2, 0) is 4.74 Å². The SMILES string of the molecule is COCCN(C(=O)c1n[nH]c(C)c1N)C1CCSC1. The zero-order chi connectivity index (χ0) is 13.8. The Hall–Kier alpha value is -1.21. The van der Waals surface area contributed by atoms with Gasteiger partial charge in [0.1, 0.15) is 0 Å². The van der Waals surface area contributed by atoms with Gasteiger partial charge in [-0.15, -0.1) is 0 Å². The number of carbonyl (C=O) groups is 1. The lowest BCUT2D eigenvalue weighted by molar-refractivity contribution is 0.0620.